The molecule has 0 aliphatic heterocycles. The highest BCUT2D eigenvalue weighted by molar-refractivity contribution is 5.41. The summed E-state index contributed by atoms with van der Waals surface area (Å²) in [6.07, 6.45) is 0. The van der Waals surface area contributed by atoms with Gasteiger partial charge in [0.15, 0.2) is 0 Å². The van der Waals surface area contributed by atoms with Gasteiger partial charge in [-0.15, -0.1) is 0 Å². The van der Waals surface area contributed by atoms with E-state index in [9.17, 15) is 0 Å². The molecule has 0 radical (unpaired) electrons. The van der Waals surface area contributed by atoms with Crippen molar-refractivity contribution in [1.29, 1.82) is 5.26 Å². The maximum atomic E-state index is 8.69. The lowest BCUT2D eigenvalue weighted by molar-refractivity contribution is 0.411. The first-order valence-electron chi connectivity index (χ1n) is 5.35. The minimum absolute atomic E-state index is 0.123. The smallest absolute Gasteiger partial charge is 0.122 e. The Labute approximate surface area is 97.0 Å². The second-order valence-electron chi connectivity index (χ2n) is 3.98. The Bertz CT molecular complexity index is 407. The topological polar surface area (TPSA) is 45.0 Å². The number of nitrogens with one attached hydrogen (secondary N) is 1. The van der Waals surface area contributed by atoms with Gasteiger partial charge in [-0.1, -0.05) is 6.07 Å². The third-order valence-corrected chi connectivity index (χ3v) is 2.65. The summed E-state index contributed by atoms with van der Waals surface area (Å²) in [7, 11) is 1.68. The number of nitrogens with zero attached hydrogens (tertiary/aromatic N) is 1. The van der Waals surface area contributed by atoms with Crippen molar-refractivity contribution < 1.29 is 4.74 Å². The molecule has 1 rings (SSSR count). The largest absolute Gasteiger partial charge is 0.496 e. The molecule has 1 aromatic carbocycles. The molecule has 1 unspecified atom stereocenters. The molecule has 0 bridgehead atoms. The quantitative estimate of drug-likeness (QED) is 0.843. The van der Waals surface area contributed by atoms with Gasteiger partial charge < -0.3 is 4.74 Å². The van der Waals surface area contributed by atoms with Gasteiger partial charge in [0.05, 0.1) is 19.2 Å². The van der Waals surface area contributed by atoms with Gasteiger partial charge in [-0.25, -0.2) is 0 Å². The van der Waals surface area contributed by atoms with Crippen LogP contribution in [0.15, 0.2) is 12.1 Å². The fourth-order valence-corrected chi connectivity index (χ4v) is 1.57. The number of rotatable bonds is 4. The molecule has 1 atom stereocenters. The van der Waals surface area contributed by atoms with E-state index in [0.717, 1.165) is 11.3 Å². The number of aryl methyl sites for hydroxylation is 2. The van der Waals surface area contributed by atoms with Crippen LogP contribution in [0.1, 0.15) is 23.6 Å². The van der Waals surface area contributed by atoms with Crippen molar-refractivity contribution in [1.82, 2.24) is 5.32 Å². The number of nitriles is 1. The first kappa shape index (κ1) is 12.5. The molecule has 86 valence electrons. The van der Waals surface area contributed by atoms with E-state index >= 15 is 0 Å². The molecular weight excluding hydrogens is 200 g/mol. The van der Waals surface area contributed by atoms with Crippen LogP contribution in [0.25, 0.3) is 0 Å². The van der Waals surface area contributed by atoms with E-state index in [1.807, 2.05) is 19.9 Å². The summed E-state index contributed by atoms with van der Waals surface area (Å²) in [5, 5.41) is 11.8. The Kier molecular flexibility index (Phi) is 4.33. The van der Waals surface area contributed by atoms with Crippen LogP contribution in [0, 0.1) is 25.2 Å². The summed E-state index contributed by atoms with van der Waals surface area (Å²) in [4.78, 5) is 0. The highest BCUT2D eigenvalue weighted by atomic mass is 16.5. The van der Waals surface area contributed by atoms with Crippen molar-refractivity contribution in [2.75, 3.05) is 7.11 Å². The summed E-state index contributed by atoms with van der Waals surface area (Å²) >= 11 is 0. The van der Waals surface area contributed by atoms with Crippen molar-refractivity contribution in [2.24, 2.45) is 0 Å². The van der Waals surface area contributed by atoms with E-state index in [2.05, 4.69) is 24.4 Å². The molecule has 3 nitrogen and oxygen atoms in total. The minimum atomic E-state index is -0.123. The normalized spacial score (nSPS) is 11.9. The fraction of sp³-hybridized carbons (Fsp3) is 0.462. The number of hydrogen-bond donors (Lipinski definition) is 1. The van der Waals surface area contributed by atoms with Gasteiger partial charge >= 0.3 is 0 Å². The summed E-state index contributed by atoms with van der Waals surface area (Å²) in [5.41, 5.74) is 3.51. The number of benzene rings is 1. The van der Waals surface area contributed by atoms with Gasteiger partial charge in [-0.2, -0.15) is 5.26 Å². The Morgan fingerprint density at radius 2 is 2.06 bits per heavy atom. The second-order valence-corrected chi connectivity index (χ2v) is 3.98. The maximum absolute atomic E-state index is 8.69. The number of ether oxygens (including phenoxy) is 1. The van der Waals surface area contributed by atoms with Crippen LogP contribution in [0.5, 0.6) is 5.75 Å². The molecule has 1 N–H and O–H groups in total. The third-order valence-electron chi connectivity index (χ3n) is 2.65. The summed E-state index contributed by atoms with van der Waals surface area (Å²) < 4.78 is 5.25. The zero-order valence-electron chi connectivity index (χ0n) is 10.3. The van der Waals surface area contributed by atoms with Gasteiger partial charge in [0.1, 0.15) is 5.75 Å². The standard InChI is InChI=1S/C13H18N2O/c1-9-6-13(16-4)10(2)5-12(9)8-15-11(3)7-14/h5-6,11,15H,8H2,1-4H3. The predicted molar refractivity (Wildman–Crippen MR) is 64.4 cm³/mol. The molecule has 0 fully saturated rings. The highest BCUT2D eigenvalue weighted by Gasteiger charge is 2.06. The molecule has 1 aromatic rings. The molecule has 0 aliphatic rings. The second kappa shape index (κ2) is 5.53. The van der Waals surface area contributed by atoms with Gasteiger partial charge in [0.2, 0.25) is 0 Å². The van der Waals surface area contributed by atoms with Crippen LogP contribution < -0.4 is 10.1 Å². The molecule has 0 saturated carbocycles. The first-order valence-corrected chi connectivity index (χ1v) is 5.35. The Hall–Kier alpha value is -1.53. The lowest BCUT2D eigenvalue weighted by Gasteiger charge is -2.12. The van der Waals surface area contributed by atoms with E-state index in [0.29, 0.717) is 6.54 Å². The summed E-state index contributed by atoms with van der Waals surface area (Å²) in [5.74, 6) is 0.912. The van der Waals surface area contributed by atoms with E-state index in [1.165, 1.54) is 11.1 Å². The van der Waals surface area contributed by atoms with Crippen LogP contribution in [-0.4, -0.2) is 13.2 Å². The van der Waals surface area contributed by atoms with E-state index < -0.39 is 0 Å². The highest BCUT2D eigenvalue weighted by Crippen LogP contribution is 2.22. The van der Waals surface area contributed by atoms with Crippen molar-refractivity contribution >= 4 is 0 Å². The van der Waals surface area contributed by atoms with Crippen LogP contribution in [0.4, 0.5) is 0 Å². The molecule has 0 heterocycles. The van der Waals surface area contributed by atoms with Crippen LogP contribution in [0.3, 0.4) is 0 Å². The van der Waals surface area contributed by atoms with Crippen molar-refractivity contribution in [3.63, 3.8) is 0 Å². The maximum Gasteiger partial charge on any atom is 0.122 e. The van der Waals surface area contributed by atoms with Crippen LogP contribution in [-0.2, 0) is 6.54 Å². The first-order chi connectivity index (χ1) is 7.58. The predicted octanol–water partition coefficient (Wildman–Crippen LogP) is 2.31. The Morgan fingerprint density at radius 1 is 1.38 bits per heavy atom. The van der Waals surface area contributed by atoms with Gasteiger partial charge in [0, 0.05) is 6.54 Å². The Balaban J connectivity index is 2.82. The number of methoxy groups -OCH3 is 1. The molecular formula is C13H18N2O. The zero-order chi connectivity index (χ0) is 12.1. The minimum Gasteiger partial charge on any atom is -0.496 e. The molecule has 3 heteroatoms. The van der Waals surface area contributed by atoms with E-state index in [1.54, 1.807) is 7.11 Å². The molecule has 0 aliphatic carbocycles. The van der Waals surface area contributed by atoms with Gasteiger partial charge in [0.25, 0.3) is 0 Å². The lowest BCUT2D eigenvalue weighted by atomic mass is 10.0. The van der Waals surface area contributed by atoms with Gasteiger partial charge in [-0.3, -0.25) is 5.32 Å². The number of hydrogen-bond acceptors (Lipinski definition) is 3. The summed E-state index contributed by atoms with van der Waals surface area (Å²) in [6.45, 7) is 6.64. The average Bonchev–Trinajstić information content (AvgIpc) is 2.29. The average molecular weight is 218 g/mol. The molecule has 16 heavy (non-hydrogen) atoms. The van der Waals surface area contributed by atoms with Crippen molar-refractivity contribution in [3.05, 3.63) is 28.8 Å². The SMILES string of the molecule is COc1cc(C)c(CNC(C)C#N)cc1C. The zero-order valence-corrected chi connectivity index (χ0v) is 10.3. The third kappa shape index (κ3) is 2.98. The molecule has 0 spiro atoms. The van der Waals surface area contributed by atoms with Crippen LogP contribution in [0.2, 0.25) is 0 Å². The van der Waals surface area contributed by atoms with Gasteiger partial charge in [-0.05, 0) is 43.5 Å². The van der Waals surface area contributed by atoms with E-state index in [-0.39, 0.29) is 6.04 Å². The van der Waals surface area contributed by atoms with Crippen LogP contribution >= 0.6 is 0 Å². The summed E-state index contributed by atoms with van der Waals surface area (Å²) in [6, 6.07) is 6.17. The lowest BCUT2D eigenvalue weighted by Crippen LogP contribution is -2.23. The Morgan fingerprint density at radius 3 is 2.62 bits per heavy atom. The molecule has 0 saturated heterocycles. The van der Waals surface area contributed by atoms with E-state index in [4.69, 9.17) is 10.00 Å². The molecule has 0 aromatic heterocycles. The monoisotopic (exact) mass is 218 g/mol. The van der Waals surface area contributed by atoms with Crippen molar-refractivity contribution in [3.8, 4) is 11.8 Å². The molecule has 0 amide bonds. The fourth-order valence-electron chi connectivity index (χ4n) is 1.57. The van der Waals surface area contributed by atoms with Crippen molar-refractivity contribution in [2.45, 2.75) is 33.4 Å².